The Morgan fingerprint density at radius 1 is 1.20 bits per heavy atom. The molecule has 0 unspecified atom stereocenters. The van der Waals surface area contributed by atoms with Gasteiger partial charge in [-0.15, -0.1) is 0 Å². The van der Waals surface area contributed by atoms with Crippen molar-refractivity contribution in [3.63, 3.8) is 0 Å². The van der Waals surface area contributed by atoms with Crippen LogP contribution in [0.2, 0.25) is 0 Å². The van der Waals surface area contributed by atoms with Crippen molar-refractivity contribution in [1.29, 1.82) is 0 Å². The van der Waals surface area contributed by atoms with Gasteiger partial charge in [-0.2, -0.15) is 0 Å². The van der Waals surface area contributed by atoms with Crippen LogP contribution in [0.3, 0.4) is 0 Å². The Kier molecular flexibility index (Phi) is 4.34. The maximum absolute atomic E-state index is 12.5. The monoisotopic (exact) mass is 341 g/mol. The number of benzene rings is 1. The zero-order chi connectivity index (χ0) is 18.0. The van der Waals surface area contributed by atoms with E-state index in [1.54, 1.807) is 12.3 Å². The van der Waals surface area contributed by atoms with Gasteiger partial charge < -0.3 is 9.72 Å². The van der Waals surface area contributed by atoms with Gasteiger partial charge in [0.1, 0.15) is 6.54 Å². The third-order valence-corrected chi connectivity index (χ3v) is 3.73. The molecule has 3 rings (SSSR count). The van der Waals surface area contributed by atoms with Gasteiger partial charge in [-0.05, 0) is 13.0 Å². The first-order valence-corrected chi connectivity index (χ1v) is 7.55. The third kappa shape index (κ3) is 3.42. The van der Waals surface area contributed by atoms with E-state index in [2.05, 4.69) is 4.98 Å². The summed E-state index contributed by atoms with van der Waals surface area (Å²) in [6.07, 6.45) is 1.75. The predicted molar refractivity (Wildman–Crippen MR) is 89.5 cm³/mol. The van der Waals surface area contributed by atoms with Crippen molar-refractivity contribution in [1.82, 2.24) is 14.5 Å². The maximum atomic E-state index is 12.5. The minimum absolute atomic E-state index is 0.348. The van der Waals surface area contributed by atoms with Gasteiger partial charge in [-0.1, -0.05) is 18.2 Å². The summed E-state index contributed by atoms with van der Waals surface area (Å²) in [6.45, 7) is 1.07. The van der Waals surface area contributed by atoms with Crippen LogP contribution in [0, 0.1) is 0 Å². The average molecular weight is 341 g/mol. The van der Waals surface area contributed by atoms with E-state index in [9.17, 15) is 19.2 Å². The van der Waals surface area contributed by atoms with Crippen LogP contribution in [0.15, 0.2) is 52.3 Å². The number of ether oxygens (including phenoxy) is 1. The fraction of sp³-hybridized carbons (Fsp3) is 0.176. The standard InChI is InChI=1S/C17H15N3O5/c1-10(16(23)12-8-18-13-5-3-2-4-11(12)13)25-15(22)9-20-7-6-14(21)19-17(20)24/h2-8,10,18H,9H2,1H3,(H,19,21,24)/t10-/m0/s1. The minimum Gasteiger partial charge on any atom is -0.453 e. The van der Waals surface area contributed by atoms with Crippen LogP contribution in [0.1, 0.15) is 17.3 Å². The topological polar surface area (TPSA) is 114 Å². The van der Waals surface area contributed by atoms with Crippen molar-refractivity contribution < 1.29 is 14.3 Å². The average Bonchev–Trinajstić information content (AvgIpc) is 3.00. The molecule has 25 heavy (non-hydrogen) atoms. The van der Waals surface area contributed by atoms with Crippen molar-refractivity contribution >= 4 is 22.7 Å². The van der Waals surface area contributed by atoms with Gasteiger partial charge in [-0.3, -0.25) is 23.9 Å². The lowest BCUT2D eigenvalue weighted by Gasteiger charge is -2.12. The van der Waals surface area contributed by atoms with Gasteiger partial charge in [0.15, 0.2) is 6.10 Å². The highest BCUT2D eigenvalue weighted by Gasteiger charge is 2.22. The van der Waals surface area contributed by atoms with Gasteiger partial charge >= 0.3 is 11.7 Å². The van der Waals surface area contributed by atoms with E-state index < -0.39 is 29.9 Å². The molecule has 2 N–H and O–H groups in total. The number of hydrogen-bond donors (Lipinski definition) is 2. The first-order valence-electron chi connectivity index (χ1n) is 7.55. The van der Waals surface area contributed by atoms with Gasteiger partial charge in [0, 0.05) is 34.9 Å². The van der Waals surface area contributed by atoms with E-state index in [4.69, 9.17) is 4.74 Å². The minimum atomic E-state index is -1.01. The molecule has 0 aliphatic heterocycles. The van der Waals surface area contributed by atoms with E-state index in [-0.39, 0.29) is 5.78 Å². The highest BCUT2D eigenvalue weighted by molar-refractivity contribution is 6.10. The second kappa shape index (κ2) is 6.60. The number of aromatic amines is 2. The Morgan fingerprint density at radius 2 is 1.96 bits per heavy atom. The number of fused-ring (bicyclic) bond motifs is 1. The Morgan fingerprint density at radius 3 is 2.72 bits per heavy atom. The normalized spacial score (nSPS) is 12.0. The molecule has 8 nitrogen and oxygen atoms in total. The van der Waals surface area contributed by atoms with Crippen LogP contribution in [0.25, 0.3) is 10.9 Å². The molecule has 0 saturated heterocycles. The second-order valence-corrected chi connectivity index (χ2v) is 5.48. The van der Waals surface area contributed by atoms with Crippen molar-refractivity contribution in [2.45, 2.75) is 19.6 Å². The number of ketones is 1. The van der Waals surface area contributed by atoms with Gasteiger partial charge in [0.05, 0.1) is 0 Å². The highest BCUT2D eigenvalue weighted by atomic mass is 16.5. The molecule has 0 spiro atoms. The number of Topliss-reactive ketones (excluding diaryl/α,β-unsaturated/α-hetero) is 1. The molecule has 0 fully saturated rings. The lowest BCUT2D eigenvalue weighted by atomic mass is 10.1. The molecule has 0 bridgehead atoms. The molecule has 0 amide bonds. The SMILES string of the molecule is C[C@H](OC(=O)Cn1ccc(=O)[nH]c1=O)C(=O)c1c[nH]c2ccccc12. The summed E-state index contributed by atoms with van der Waals surface area (Å²) in [5, 5.41) is 0.743. The first kappa shape index (κ1) is 16.4. The van der Waals surface area contributed by atoms with Crippen molar-refractivity contribution in [2.24, 2.45) is 0 Å². The number of esters is 1. The maximum Gasteiger partial charge on any atom is 0.328 e. The molecule has 1 aromatic carbocycles. The molecule has 2 heterocycles. The predicted octanol–water partition coefficient (Wildman–Crippen LogP) is 0.832. The largest absolute Gasteiger partial charge is 0.453 e. The van der Waals surface area contributed by atoms with Gasteiger partial charge in [-0.25, -0.2) is 4.79 Å². The summed E-state index contributed by atoms with van der Waals surface area (Å²) in [6, 6.07) is 8.42. The Balaban J connectivity index is 1.71. The van der Waals surface area contributed by atoms with Gasteiger partial charge in [0.25, 0.3) is 5.56 Å². The summed E-state index contributed by atoms with van der Waals surface area (Å²) in [4.78, 5) is 52.1. The molecule has 0 aliphatic carbocycles. The third-order valence-electron chi connectivity index (χ3n) is 3.73. The zero-order valence-corrected chi connectivity index (χ0v) is 13.3. The first-order chi connectivity index (χ1) is 12.0. The fourth-order valence-corrected chi connectivity index (χ4v) is 2.49. The molecular formula is C17H15N3O5. The smallest absolute Gasteiger partial charge is 0.328 e. The number of nitrogens with zero attached hydrogens (tertiary/aromatic N) is 1. The van der Waals surface area contributed by atoms with E-state index >= 15 is 0 Å². The Hall–Kier alpha value is -3.42. The number of carbonyl (C=O) groups excluding carboxylic acids is 2. The van der Waals surface area contributed by atoms with Crippen LogP contribution in [-0.2, 0) is 16.1 Å². The van der Waals surface area contributed by atoms with Crippen molar-refractivity contribution in [2.75, 3.05) is 0 Å². The molecule has 0 radical (unpaired) electrons. The molecule has 1 atom stereocenters. The molecular weight excluding hydrogens is 326 g/mol. The lowest BCUT2D eigenvalue weighted by Crippen LogP contribution is -2.33. The van der Waals surface area contributed by atoms with Crippen LogP contribution in [0.5, 0.6) is 0 Å². The van der Waals surface area contributed by atoms with Crippen molar-refractivity contribution in [3.8, 4) is 0 Å². The van der Waals surface area contributed by atoms with E-state index in [0.717, 1.165) is 21.5 Å². The van der Waals surface area contributed by atoms with Crippen molar-refractivity contribution in [3.05, 3.63) is 69.1 Å². The number of nitrogens with one attached hydrogen (secondary N) is 2. The van der Waals surface area contributed by atoms with E-state index in [1.807, 2.05) is 23.2 Å². The molecule has 2 aromatic heterocycles. The number of para-hydroxylation sites is 1. The summed E-state index contributed by atoms with van der Waals surface area (Å²) in [5.41, 5.74) is -0.0427. The summed E-state index contributed by atoms with van der Waals surface area (Å²) in [5.74, 6) is -1.10. The second-order valence-electron chi connectivity index (χ2n) is 5.48. The van der Waals surface area contributed by atoms with Gasteiger partial charge in [0.2, 0.25) is 5.78 Å². The number of hydrogen-bond acceptors (Lipinski definition) is 5. The van der Waals surface area contributed by atoms with Crippen LogP contribution in [0.4, 0.5) is 0 Å². The molecule has 128 valence electrons. The molecule has 3 aromatic rings. The summed E-state index contributed by atoms with van der Waals surface area (Å²) < 4.78 is 6.11. The van der Waals surface area contributed by atoms with E-state index in [0.29, 0.717) is 5.56 Å². The fourth-order valence-electron chi connectivity index (χ4n) is 2.49. The Bertz CT molecular complexity index is 1060. The zero-order valence-electron chi connectivity index (χ0n) is 13.3. The quantitative estimate of drug-likeness (QED) is 0.527. The van der Waals surface area contributed by atoms with Crippen LogP contribution < -0.4 is 11.2 Å². The Labute approximate surface area is 141 Å². The molecule has 0 aliphatic rings. The highest BCUT2D eigenvalue weighted by Crippen LogP contribution is 2.19. The lowest BCUT2D eigenvalue weighted by molar-refractivity contribution is -0.147. The molecule has 0 saturated carbocycles. The van der Waals surface area contributed by atoms with E-state index in [1.165, 1.54) is 13.1 Å². The summed E-state index contributed by atoms with van der Waals surface area (Å²) in [7, 11) is 0. The molecule has 8 heteroatoms. The number of H-pyrrole nitrogens is 2. The van der Waals surface area contributed by atoms with Crippen LogP contribution >= 0.6 is 0 Å². The number of aromatic nitrogens is 3. The number of carbonyl (C=O) groups is 2. The van der Waals surface area contributed by atoms with Crippen LogP contribution in [-0.4, -0.2) is 32.4 Å². The summed E-state index contributed by atoms with van der Waals surface area (Å²) >= 11 is 0. The number of rotatable bonds is 5.